The van der Waals surface area contributed by atoms with Crippen molar-refractivity contribution in [1.82, 2.24) is 0 Å². The third-order valence-electron chi connectivity index (χ3n) is 4.72. The first-order chi connectivity index (χ1) is 12.0. The summed E-state index contributed by atoms with van der Waals surface area (Å²) >= 11 is 9.48. The molecule has 2 aromatic rings. The largest absolute Gasteiger partial charge is 0.506 e. The van der Waals surface area contributed by atoms with Gasteiger partial charge in [-0.25, -0.2) is 0 Å². The second-order valence-electron chi connectivity index (χ2n) is 6.21. The monoisotopic (exact) mass is 424 g/mol. The number of rotatable bonds is 5. The molecule has 0 aliphatic carbocycles. The molecule has 2 N–H and O–H groups in total. The van der Waals surface area contributed by atoms with Crippen LogP contribution in [0.5, 0.6) is 11.5 Å². The van der Waals surface area contributed by atoms with E-state index in [2.05, 4.69) is 35.1 Å². The van der Waals surface area contributed by atoms with E-state index < -0.39 is 6.35 Å². The van der Waals surface area contributed by atoms with Crippen molar-refractivity contribution in [3.63, 3.8) is 0 Å². The molecule has 1 unspecified atom stereocenters. The summed E-state index contributed by atoms with van der Waals surface area (Å²) in [6.45, 7) is 4.38. The number of hydrogen-bond donors (Lipinski definition) is 2. The standard InChI is InChI=1S/C19H22BrClN2O2/c1-4-11(5-2)13-7-8-15(24)17-18(13)23(3)19(22-17)25-16-9-6-12(21)10-14(16)20/h6-11,19,22,24H,4-5H2,1-3H3. The van der Waals surface area contributed by atoms with Gasteiger partial charge in [0, 0.05) is 12.1 Å². The number of nitrogens with one attached hydrogen (secondary N) is 1. The first-order valence-corrected chi connectivity index (χ1v) is 9.60. The third-order valence-corrected chi connectivity index (χ3v) is 5.57. The predicted octanol–water partition coefficient (Wildman–Crippen LogP) is 5.94. The van der Waals surface area contributed by atoms with Crippen molar-refractivity contribution >= 4 is 38.9 Å². The zero-order chi connectivity index (χ0) is 18.1. The van der Waals surface area contributed by atoms with Crippen LogP contribution in [0.25, 0.3) is 0 Å². The Hall–Kier alpha value is -1.59. The number of phenolic OH excluding ortho intramolecular Hbond substituents is 1. The fraction of sp³-hybridized carbons (Fsp3) is 0.368. The molecule has 1 atom stereocenters. The fourth-order valence-electron chi connectivity index (χ4n) is 3.31. The third kappa shape index (κ3) is 3.40. The Balaban J connectivity index is 1.94. The highest BCUT2D eigenvalue weighted by Crippen LogP contribution is 2.47. The Morgan fingerprint density at radius 2 is 2.00 bits per heavy atom. The normalized spacial score (nSPS) is 16.1. The lowest BCUT2D eigenvalue weighted by Gasteiger charge is -2.26. The van der Waals surface area contributed by atoms with Crippen LogP contribution in [0.1, 0.15) is 38.2 Å². The van der Waals surface area contributed by atoms with Gasteiger partial charge in [-0.1, -0.05) is 31.5 Å². The van der Waals surface area contributed by atoms with E-state index in [1.807, 2.05) is 24.1 Å². The van der Waals surface area contributed by atoms with Gasteiger partial charge in [0.2, 0.25) is 0 Å². The van der Waals surface area contributed by atoms with E-state index >= 15 is 0 Å². The number of ether oxygens (including phenoxy) is 1. The zero-order valence-electron chi connectivity index (χ0n) is 14.5. The summed E-state index contributed by atoms with van der Waals surface area (Å²) in [6, 6.07) is 9.19. The van der Waals surface area contributed by atoms with Crippen molar-refractivity contribution in [2.75, 3.05) is 17.3 Å². The molecule has 25 heavy (non-hydrogen) atoms. The van der Waals surface area contributed by atoms with Crippen LogP contribution in [-0.2, 0) is 0 Å². The molecule has 0 saturated heterocycles. The predicted molar refractivity (Wildman–Crippen MR) is 107 cm³/mol. The van der Waals surface area contributed by atoms with Crippen LogP contribution >= 0.6 is 27.5 Å². The van der Waals surface area contributed by atoms with E-state index in [1.54, 1.807) is 18.2 Å². The Labute approximate surface area is 161 Å². The molecule has 2 aromatic carbocycles. The molecule has 1 heterocycles. The maximum atomic E-state index is 10.3. The minimum Gasteiger partial charge on any atom is -0.506 e. The Morgan fingerprint density at radius 1 is 1.28 bits per heavy atom. The summed E-state index contributed by atoms with van der Waals surface area (Å²) in [5.41, 5.74) is 2.96. The number of hydrogen-bond acceptors (Lipinski definition) is 4. The number of benzene rings is 2. The number of phenols is 1. The second-order valence-corrected chi connectivity index (χ2v) is 7.50. The molecule has 0 aromatic heterocycles. The maximum absolute atomic E-state index is 10.3. The lowest BCUT2D eigenvalue weighted by atomic mass is 9.91. The highest BCUT2D eigenvalue weighted by Gasteiger charge is 2.33. The lowest BCUT2D eigenvalue weighted by Crippen LogP contribution is -2.38. The van der Waals surface area contributed by atoms with Crippen LogP contribution in [-0.4, -0.2) is 18.5 Å². The number of anilines is 2. The minimum atomic E-state index is -0.408. The van der Waals surface area contributed by atoms with Gasteiger partial charge in [0.25, 0.3) is 6.35 Å². The van der Waals surface area contributed by atoms with Gasteiger partial charge in [-0.05, 0) is 64.5 Å². The average Bonchev–Trinajstić information content (AvgIpc) is 2.91. The van der Waals surface area contributed by atoms with Crippen molar-refractivity contribution < 1.29 is 9.84 Å². The molecule has 6 heteroatoms. The maximum Gasteiger partial charge on any atom is 0.251 e. The first-order valence-electron chi connectivity index (χ1n) is 8.43. The average molecular weight is 426 g/mol. The number of halogens is 2. The van der Waals surface area contributed by atoms with Crippen LogP contribution in [0.15, 0.2) is 34.8 Å². The van der Waals surface area contributed by atoms with E-state index in [9.17, 15) is 5.11 Å². The molecule has 0 saturated carbocycles. The van der Waals surface area contributed by atoms with Crippen LogP contribution in [0, 0.1) is 0 Å². The van der Waals surface area contributed by atoms with Crippen LogP contribution in [0.4, 0.5) is 11.4 Å². The number of aromatic hydroxyl groups is 1. The Morgan fingerprint density at radius 3 is 2.64 bits per heavy atom. The van der Waals surface area contributed by atoms with E-state index in [0.717, 1.165) is 28.7 Å². The summed E-state index contributed by atoms with van der Waals surface area (Å²) in [5.74, 6) is 1.36. The molecule has 4 nitrogen and oxygen atoms in total. The van der Waals surface area contributed by atoms with E-state index in [-0.39, 0.29) is 5.75 Å². The Kier molecular flexibility index (Phi) is 5.35. The van der Waals surface area contributed by atoms with E-state index in [0.29, 0.717) is 16.7 Å². The summed E-state index contributed by atoms with van der Waals surface area (Å²) < 4.78 is 6.90. The molecule has 0 bridgehead atoms. The van der Waals surface area contributed by atoms with Gasteiger partial charge >= 0.3 is 0 Å². The van der Waals surface area contributed by atoms with Crippen LogP contribution < -0.4 is 15.0 Å². The quantitative estimate of drug-likeness (QED) is 0.582. The Bertz CT molecular complexity index is 780. The fourth-order valence-corrected chi connectivity index (χ4v) is 4.09. The molecule has 1 aliphatic rings. The zero-order valence-corrected chi connectivity index (χ0v) is 16.9. The summed E-state index contributed by atoms with van der Waals surface area (Å²) in [7, 11) is 1.97. The van der Waals surface area contributed by atoms with Gasteiger partial charge in [0.1, 0.15) is 17.2 Å². The molecule has 0 amide bonds. The van der Waals surface area contributed by atoms with Crippen molar-refractivity contribution in [3.8, 4) is 11.5 Å². The first kappa shape index (κ1) is 18.2. The van der Waals surface area contributed by atoms with Gasteiger partial charge in [0.05, 0.1) is 10.2 Å². The lowest BCUT2D eigenvalue weighted by molar-refractivity contribution is 0.235. The van der Waals surface area contributed by atoms with Crippen LogP contribution in [0.3, 0.4) is 0 Å². The van der Waals surface area contributed by atoms with Crippen molar-refractivity contribution in [2.45, 2.75) is 39.0 Å². The van der Waals surface area contributed by atoms with Gasteiger partial charge in [0.15, 0.2) is 0 Å². The number of nitrogens with zero attached hydrogens (tertiary/aromatic N) is 1. The van der Waals surface area contributed by atoms with Crippen molar-refractivity contribution in [1.29, 1.82) is 0 Å². The molecule has 0 spiro atoms. The van der Waals surface area contributed by atoms with E-state index in [4.69, 9.17) is 16.3 Å². The van der Waals surface area contributed by atoms with Crippen molar-refractivity contribution in [2.24, 2.45) is 0 Å². The van der Waals surface area contributed by atoms with Gasteiger partial charge < -0.3 is 20.1 Å². The molecular weight excluding hydrogens is 404 g/mol. The molecule has 0 fully saturated rings. The molecule has 134 valence electrons. The summed E-state index contributed by atoms with van der Waals surface area (Å²) in [6.07, 6.45) is 1.69. The smallest absolute Gasteiger partial charge is 0.251 e. The highest BCUT2D eigenvalue weighted by atomic mass is 79.9. The summed E-state index contributed by atoms with van der Waals surface area (Å²) in [4.78, 5) is 2.03. The van der Waals surface area contributed by atoms with E-state index in [1.165, 1.54) is 5.56 Å². The molecular formula is C19H22BrClN2O2. The van der Waals surface area contributed by atoms with Crippen LogP contribution in [0.2, 0.25) is 5.02 Å². The second kappa shape index (κ2) is 7.34. The molecule has 3 rings (SSSR count). The molecule has 0 radical (unpaired) electrons. The van der Waals surface area contributed by atoms with Gasteiger partial charge in [-0.2, -0.15) is 0 Å². The SMILES string of the molecule is CCC(CC)c1ccc(O)c2c1N(C)C(Oc1ccc(Cl)cc1Br)N2. The molecule has 1 aliphatic heterocycles. The number of fused-ring (bicyclic) bond motifs is 1. The highest BCUT2D eigenvalue weighted by molar-refractivity contribution is 9.10. The van der Waals surface area contributed by atoms with Gasteiger partial charge in [-0.15, -0.1) is 0 Å². The minimum absolute atomic E-state index is 0.234. The summed E-state index contributed by atoms with van der Waals surface area (Å²) in [5, 5.41) is 14.2. The topological polar surface area (TPSA) is 44.7 Å². The van der Waals surface area contributed by atoms with Crippen molar-refractivity contribution in [3.05, 3.63) is 45.4 Å². The van der Waals surface area contributed by atoms with Gasteiger partial charge in [-0.3, -0.25) is 0 Å².